The van der Waals surface area contributed by atoms with Crippen LogP contribution in [0.3, 0.4) is 0 Å². The number of fused-ring (bicyclic) bond motifs is 1. The third-order valence-corrected chi connectivity index (χ3v) is 4.21. The number of para-hydroxylation sites is 1. The van der Waals surface area contributed by atoms with E-state index in [9.17, 15) is 9.59 Å². The van der Waals surface area contributed by atoms with Crippen molar-refractivity contribution in [1.82, 2.24) is 4.98 Å². The number of rotatable bonds is 4. The number of hydrogen-bond acceptors (Lipinski definition) is 3. The predicted octanol–water partition coefficient (Wildman–Crippen LogP) is 4.90. The van der Waals surface area contributed by atoms with E-state index in [1.54, 1.807) is 6.20 Å². The highest BCUT2D eigenvalue weighted by molar-refractivity contribution is 6.36. The molecular formula is C18H13Cl2NO3. The van der Waals surface area contributed by atoms with Crippen molar-refractivity contribution in [3.8, 4) is 0 Å². The SMILES string of the molecule is C[C@H](OC(=O)c1ccc(Cl)cc1Cl)C(=O)c1c[nH]c2ccccc12. The van der Waals surface area contributed by atoms with Crippen LogP contribution in [0, 0.1) is 0 Å². The first-order valence-electron chi connectivity index (χ1n) is 7.23. The lowest BCUT2D eigenvalue weighted by atomic mass is 10.1. The van der Waals surface area contributed by atoms with Crippen molar-refractivity contribution in [3.05, 3.63) is 69.8 Å². The summed E-state index contributed by atoms with van der Waals surface area (Å²) in [6.07, 6.45) is 0.676. The van der Waals surface area contributed by atoms with Gasteiger partial charge in [0, 0.05) is 27.7 Å². The van der Waals surface area contributed by atoms with Crippen molar-refractivity contribution < 1.29 is 14.3 Å². The van der Waals surface area contributed by atoms with E-state index in [4.69, 9.17) is 27.9 Å². The van der Waals surface area contributed by atoms with Gasteiger partial charge in [0.25, 0.3) is 0 Å². The molecule has 0 fully saturated rings. The van der Waals surface area contributed by atoms with E-state index in [1.165, 1.54) is 25.1 Å². The first kappa shape index (κ1) is 16.6. The molecule has 24 heavy (non-hydrogen) atoms. The van der Waals surface area contributed by atoms with Crippen LogP contribution in [0.2, 0.25) is 10.0 Å². The number of nitrogens with one attached hydrogen (secondary N) is 1. The zero-order valence-corrected chi connectivity index (χ0v) is 14.2. The van der Waals surface area contributed by atoms with Gasteiger partial charge in [0.15, 0.2) is 6.10 Å². The minimum absolute atomic E-state index is 0.166. The summed E-state index contributed by atoms with van der Waals surface area (Å²) in [5.41, 5.74) is 1.49. The highest BCUT2D eigenvalue weighted by atomic mass is 35.5. The average Bonchev–Trinajstić information content (AvgIpc) is 2.97. The topological polar surface area (TPSA) is 59.2 Å². The number of aromatic amines is 1. The Bertz CT molecular complexity index is 933. The molecule has 0 saturated heterocycles. The molecule has 3 aromatic rings. The fourth-order valence-electron chi connectivity index (χ4n) is 2.43. The number of carbonyl (C=O) groups is 2. The van der Waals surface area contributed by atoms with Gasteiger partial charge >= 0.3 is 5.97 Å². The molecule has 0 radical (unpaired) electrons. The molecule has 122 valence electrons. The number of H-pyrrole nitrogens is 1. The predicted molar refractivity (Wildman–Crippen MR) is 94.0 cm³/mol. The number of halogens is 2. The first-order chi connectivity index (χ1) is 11.5. The molecule has 1 heterocycles. The maximum absolute atomic E-state index is 12.6. The van der Waals surface area contributed by atoms with Crippen LogP contribution in [0.4, 0.5) is 0 Å². The summed E-state index contributed by atoms with van der Waals surface area (Å²) in [5, 5.41) is 1.38. The van der Waals surface area contributed by atoms with Gasteiger partial charge in [0.2, 0.25) is 5.78 Å². The fraction of sp³-hybridized carbons (Fsp3) is 0.111. The van der Waals surface area contributed by atoms with Gasteiger partial charge in [-0.25, -0.2) is 4.79 Å². The van der Waals surface area contributed by atoms with E-state index >= 15 is 0 Å². The summed E-state index contributed by atoms with van der Waals surface area (Å²) >= 11 is 11.8. The number of benzene rings is 2. The van der Waals surface area contributed by atoms with Gasteiger partial charge < -0.3 is 9.72 Å². The van der Waals surface area contributed by atoms with Crippen molar-refractivity contribution in [2.75, 3.05) is 0 Å². The van der Waals surface area contributed by atoms with E-state index in [2.05, 4.69) is 4.98 Å². The van der Waals surface area contributed by atoms with Gasteiger partial charge in [0.1, 0.15) is 0 Å². The zero-order valence-electron chi connectivity index (χ0n) is 12.7. The normalized spacial score (nSPS) is 12.1. The van der Waals surface area contributed by atoms with E-state index in [1.807, 2.05) is 24.3 Å². The third-order valence-electron chi connectivity index (χ3n) is 3.66. The lowest BCUT2D eigenvalue weighted by Gasteiger charge is -2.12. The van der Waals surface area contributed by atoms with Crippen LogP contribution in [-0.4, -0.2) is 22.8 Å². The lowest BCUT2D eigenvalue weighted by Crippen LogP contribution is -2.24. The van der Waals surface area contributed by atoms with Crippen LogP contribution in [-0.2, 0) is 4.74 Å². The second-order valence-electron chi connectivity index (χ2n) is 5.28. The number of aromatic nitrogens is 1. The van der Waals surface area contributed by atoms with E-state index in [0.29, 0.717) is 10.6 Å². The zero-order chi connectivity index (χ0) is 17.3. The molecule has 0 amide bonds. The Kier molecular flexibility index (Phi) is 4.60. The summed E-state index contributed by atoms with van der Waals surface area (Å²) in [6.45, 7) is 1.53. The summed E-state index contributed by atoms with van der Waals surface area (Å²) in [7, 11) is 0. The molecule has 0 saturated carbocycles. The smallest absolute Gasteiger partial charge is 0.340 e. The maximum atomic E-state index is 12.6. The number of hydrogen-bond donors (Lipinski definition) is 1. The molecule has 6 heteroatoms. The van der Waals surface area contributed by atoms with Crippen LogP contribution in [0.1, 0.15) is 27.6 Å². The Morgan fingerprint density at radius 1 is 1.08 bits per heavy atom. The van der Waals surface area contributed by atoms with Crippen molar-refractivity contribution in [1.29, 1.82) is 0 Å². The Morgan fingerprint density at radius 2 is 1.83 bits per heavy atom. The standard InChI is InChI=1S/C18H13Cl2NO3/c1-10(24-18(23)13-7-6-11(19)8-15(13)20)17(22)14-9-21-16-5-3-2-4-12(14)16/h2-10,21H,1H3/t10-/m0/s1. The summed E-state index contributed by atoms with van der Waals surface area (Å²) in [6, 6.07) is 11.9. The second-order valence-corrected chi connectivity index (χ2v) is 6.13. The number of ketones is 1. The van der Waals surface area contributed by atoms with E-state index in [-0.39, 0.29) is 16.4 Å². The van der Waals surface area contributed by atoms with E-state index in [0.717, 1.165) is 10.9 Å². The Morgan fingerprint density at radius 3 is 2.58 bits per heavy atom. The van der Waals surface area contributed by atoms with Crippen LogP contribution in [0.5, 0.6) is 0 Å². The van der Waals surface area contributed by atoms with Crippen molar-refractivity contribution >= 4 is 45.9 Å². The van der Waals surface area contributed by atoms with Gasteiger partial charge in [-0.1, -0.05) is 41.4 Å². The lowest BCUT2D eigenvalue weighted by molar-refractivity contribution is 0.0319. The molecule has 4 nitrogen and oxygen atoms in total. The van der Waals surface area contributed by atoms with Crippen molar-refractivity contribution in [3.63, 3.8) is 0 Å². The quantitative estimate of drug-likeness (QED) is 0.530. The van der Waals surface area contributed by atoms with Crippen LogP contribution in [0.25, 0.3) is 10.9 Å². The molecule has 1 N–H and O–H groups in total. The molecule has 0 aliphatic heterocycles. The summed E-state index contributed by atoms with van der Waals surface area (Å²) in [5.74, 6) is -0.955. The molecule has 2 aromatic carbocycles. The Hall–Kier alpha value is -2.30. The maximum Gasteiger partial charge on any atom is 0.340 e. The van der Waals surface area contributed by atoms with Crippen LogP contribution in [0.15, 0.2) is 48.7 Å². The third kappa shape index (κ3) is 3.16. The molecule has 0 aliphatic rings. The number of ether oxygens (including phenoxy) is 1. The fourth-order valence-corrected chi connectivity index (χ4v) is 2.91. The van der Waals surface area contributed by atoms with Crippen molar-refractivity contribution in [2.45, 2.75) is 13.0 Å². The molecule has 1 atom stereocenters. The van der Waals surface area contributed by atoms with Gasteiger partial charge in [-0.05, 0) is 31.2 Å². The number of Topliss-reactive ketones (excluding diaryl/α,β-unsaturated/α-hetero) is 1. The van der Waals surface area contributed by atoms with Gasteiger partial charge in [-0.2, -0.15) is 0 Å². The molecule has 0 bridgehead atoms. The summed E-state index contributed by atoms with van der Waals surface area (Å²) < 4.78 is 5.26. The average molecular weight is 362 g/mol. The number of carbonyl (C=O) groups excluding carboxylic acids is 2. The van der Waals surface area contributed by atoms with Gasteiger partial charge in [-0.3, -0.25) is 4.79 Å². The molecule has 3 rings (SSSR count). The van der Waals surface area contributed by atoms with Crippen LogP contribution >= 0.6 is 23.2 Å². The minimum atomic E-state index is -0.941. The Labute approximate surface area is 148 Å². The molecule has 1 aromatic heterocycles. The van der Waals surface area contributed by atoms with Crippen LogP contribution < -0.4 is 0 Å². The highest BCUT2D eigenvalue weighted by Gasteiger charge is 2.23. The first-order valence-corrected chi connectivity index (χ1v) is 7.99. The highest BCUT2D eigenvalue weighted by Crippen LogP contribution is 2.23. The molecule has 0 unspecified atom stereocenters. The molecule has 0 aliphatic carbocycles. The largest absolute Gasteiger partial charge is 0.451 e. The monoisotopic (exact) mass is 361 g/mol. The molecule has 0 spiro atoms. The minimum Gasteiger partial charge on any atom is -0.451 e. The Balaban J connectivity index is 1.80. The number of esters is 1. The second kappa shape index (κ2) is 6.67. The van der Waals surface area contributed by atoms with E-state index < -0.39 is 12.1 Å². The van der Waals surface area contributed by atoms with Gasteiger partial charge in [-0.15, -0.1) is 0 Å². The summed E-state index contributed by atoms with van der Waals surface area (Å²) in [4.78, 5) is 27.8. The molecular weight excluding hydrogens is 349 g/mol. The van der Waals surface area contributed by atoms with Gasteiger partial charge in [0.05, 0.1) is 10.6 Å². The van der Waals surface area contributed by atoms with Crippen molar-refractivity contribution in [2.24, 2.45) is 0 Å².